The molecule has 0 saturated carbocycles. The minimum Gasteiger partial charge on any atom is -0.350 e. The molecule has 1 atom stereocenters. The maximum Gasteiger partial charge on any atom is 0.273 e. The van der Waals surface area contributed by atoms with Crippen LogP contribution in [0, 0.1) is 5.92 Å². The van der Waals surface area contributed by atoms with Gasteiger partial charge in [-0.1, -0.05) is 6.07 Å². The lowest BCUT2D eigenvalue weighted by Gasteiger charge is -2.41. The number of hydrogen-bond acceptors (Lipinski definition) is 6. The number of carbonyl (C=O) groups is 2. The molecule has 4 rings (SSSR count). The maximum atomic E-state index is 12.6. The normalized spacial score (nSPS) is 21.1. The summed E-state index contributed by atoms with van der Waals surface area (Å²) in [5, 5.41) is 4.86. The van der Waals surface area contributed by atoms with E-state index in [2.05, 4.69) is 20.2 Å². The van der Waals surface area contributed by atoms with E-state index in [1.54, 1.807) is 11.7 Å². The van der Waals surface area contributed by atoms with Gasteiger partial charge in [0, 0.05) is 37.3 Å². The number of rotatable bonds is 5. The van der Waals surface area contributed by atoms with Crippen molar-refractivity contribution in [2.24, 2.45) is 5.92 Å². The van der Waals surface area contributed by atoms with Crippen LogP contribution in [0.15, 0.2) is 35.3 Å². The highest BCUT2D eigenvalue weighted by Gasteiger charge is 2.32. The van der Waals surface area contributed by atoms with Crippen molar-refractivity contribution in [1.29, 1.82) is 0 Å². The number of aromatic nitrogens is 2. The van der Waals surface area contributed by atoms with Crippen molar-refractivity contribution in [3.05, 3.63) is 46.7 Å². The molecule has 2 amide bonds. The minimum absolute atomic E-state index is 0.0298. The number of piperidine rings is 2. The average molecular weight is 414 g/mol. The van der Waals surface area contributed by atoms with Gasteiger partial charge in [0.2, 0.25) is 5.91 Å². The molecule has 1 N–H and O–H groups in total. The minimum atomic E-state index is 0.0298. The molecule has 0 aromatic carbocycles. The van der Waals surface area contributed by atoms with E-state index < -0.39 is 0 Å². The van der Waals surface area contributed by atoms with E-state index in [0.29, 0.717) is 18.3 Å². The number of hydrogen-bond donors (Lipinski definition) is 1. The molecule has 29 heavy (non-hydrogen) atoms. The summed E-state index contributed by atoms with van der Waals surface area (Å²) in [6, 6.07) is 6.18. The largest absolute Gasteiger partial charge is 0.350 e. The van der Waals surface area contributed by atoms with Gasteiger partial charge in [0.05, 0.1) is 23.7 Å². The molecule has 7 nitrogen and oxygen atoms in total. The van der Waals surface area contributed by atoms with Crippen molar-refractivity contribution in [2.75, 3.05) is 26.2 Å². The third kappa shape index (κ3) is 5.00. The summed E-state index contributed by atoms with van der Waals surface area (Å²) in [5.41, 5.74) is 3.13. The van der Waals surface area contributed by atoms with Gasteiger partial charge in [-0.05, 0) is 44.4 Å². The number of amides is 2. The number of carbonyl (C=O) groups excluding carboxylic acids is 2. The number of pyridine rings is 1. The zero-order valence-electron chi connectivity index (χ0n) is 16.5. The molecule has 1 unspecified atom stereocenters. The summed E-state index contributed by atoms with van der Waals surface area (Å²) >= 11 is 1.45. The van der Waals surface area contributed by atoms with Crippen molar-refractivity contribution < 1.29 is 9.59 Å². The van der Waals surface area contributed by atoms with Gasteiger partial charge in [0.25, 0.3) is 5.91 Å². The zero-order valence-corrected chi connectivity index (χ0v) is 17.3. The fraction of sp³-hybridized carbons (Fsp3) is 0.524. The monoisotopic (exact) mass is 413 g/mol. The lowest BCUT2D eigenvalue weighted by molar-refractivity contribution is -0.127. The van der Waals surface area contributed by atoms with Crippen LogP contribution in [-0.4, -0.2) is 63.8 Å². The zero-order chi connectivity index (χ0) is 20.1. The van der Waals surface area contributed by atoms with Gasteiger partial charge < -0.3 is 10.2 Å². The van der Waals surface area contributed by atoms with Gasteiger partial charge in [-0.3, -0.25) is 19.5 Å². The molecule has 2 aromatic rings. The first-order valence-corrected chi connectivity index (χ1v) is 11.2. The second-order valence-electron chi connectivity index (χ2n) is 7.77. The number of nitrogens with one attached hydrogen (secondary N) is 1. The molecule has 2 aliphatic rings. The Labute approximate surface area is 175 Å². The van der Waals surface area contributed by atoms with Crippen LogP contribution in [0.3, 0.4) is 0 Å². The number of nitrogens with zero attached hydrogens (tertiary/aromatic N) is 4. The molecule has 2 aromatic heterocycles. The quantitative estimate of drug-likeness (QED) is 0.813. The van der Waals surface area contributed by atoms with E-state index in [-0.39, 0.29) is 17.7 Å². The molecule has 0 aliphatic carbocycles. The van der Waals surface area contributed by atoms with Gasteiger partial charge in [0.1, 0.15) is 5.69 Å². The fourth-order valence-electron chi connectivity index (χ4n) is 4.29. The first-order valence-electron chi connectivity index (χ1n) is 10.3. The lowest BCUT2D eigenvalue weighted by atomic mass is 9.93. The Morgan fingerprint density at radius 1 is 1.14 bits per heavy atom. The molecule has 2 aliphatic heterocycles. The van der Waals surface area contributed by atoms with Crippen LogP contribution >= 0.6 is 11.3 Å². The summed E-state index contributed by atoms with van der Waals surface area (Å²) in [6.07, 6.45) is 5.64. The van der Waals surface area contributed by atoms with Gasteiger partial charge in [-0.2, -0.15) is 0 Å². The van der Waals surface area contributed by atoms with Crippen molar-refractivity contribution in [2.45, 2.75) is 38.3 Å². The average Bonchev–Trinajstić information content (AvgIpc) is 3.33. The van der Waals surface area contributed by atoms with Crippen LogP contribution in [0.25, 0.3) is 0 Å². The van der Waals surface area contributed by atoms with Crippen LogP contribution in [0.1, 0.15) is 41.9 Å². The molecule has 4 heterocycles. The Morgan fingerprint density at radius 2 is 2.00 bits per heavy atom. The molecule has 2 fully saturated rings. The summed E-state index contributed by atoms with van der Waals surface area (Å²) in [5.74, 6) is 0.189. The Bertz CT molecular complexity index is 806. The number of likely N-dealkylation sites (tertiary alicyclic amines) is 2. The molecule has 0 radical (unpaired) electrons. The van der Waals surface area contributed by atoms with E-state index in [9.17, 15) is 9.59 Å². The first-order chi connectivity index (χ1) is 14.2. The highest BCUT2D eigenvalue weighted by Crippen LogP contribution is 2.25. The summed E-state index contributed by atoms with van der Waals surface area (Å²) in [4.78, 5) is 37.9. The van der Waals surface area contributed by atoms with Crippen LogP contribution in [0.5, 0.6) is 0 Å². The van der Waals surface area contributed by atoms with E-state index in [0.717, 1.165) is 57.6 Å². The highest BCUT2D eigenvalue weighted by atomic mass is 32.1. The smallest absolute Gasteiger partial charge is 0.273 e. The summed E-state index contributed by atoms with van der Waals surface area (Å²) in [6.45, 7) is 3.84. The predicted molar refractivity (Wildman–Crippen MR) is 111 cm³/mol. The van der Waals surface area contributed by atoms with Crippen LogP contribution < -0.4 is 5.32 Å². The summed E-state index contributed by atoms with van der Waals surface area (Å²) < 4.78 is 0. The van der Waals surface area contributed by atoms with Crippen LogP contribution in [0.4, 0.5) is 0 Å². The van der Waals surface area contributed by atoms with Gasteiger partial charge >= 0.3 is 0 Å². The molecular weight excluding hydrogens is 386 g/mol. The molecule has 0 bridgehead atoms. The Kier molecular flexibility index (Phi) is 6.51. The number of thiazole rings is 1. The fourth-order valence-corrected chi connectivity index (χ4v) is 4.82. The second kappa shape index (κ2) is 9.45. The van der Waals surface area contributed by atoms with E-state index in [1.165, 1.54) is 11.3 Å². The Morgan fingerprint density at radius 3 is 2.72 bits per heavy atom. The van der Waals surface area contributed by atoms with E-state index >= 15 is 0 Å². The Balaban J connectivity index is 1.25. The first kappa shape index (κ1) is 20.0. The third-order valence-corrected chi connectivity index (χ3v) is 6.50. The second-order valence-corrected chi connectivity index (χ2v) is 8.49. The van der Waals surface area contributed by atoms with Crippen molar-refractivity contribution in [3.63, 3.8) is 0 Å². The predicted octanol–water partition coefficient (Wildman–Crippen LogP) is 2.17. The maximum absolute atomic E-state index is 12.6. The van der Waals surface area contributed by atoms with Crippen molar-refractivity contribution in [1.82, 2.24) is 25.1 Å². The van der Waals surface area contributed by atoms with Gasteiger partial charge in [-0.25, -0.2) is 4.98 Å². The molecular formula is C21H27N5O2S. The summed E-state index contributed by atoms with van der Waals surface area (Å²) in [7, 11) is 0. The van der Waals surface area contributed by atoms with Gasteiger partial charge in [0.15, 0.2) is 0 Å². The third-order valence-electron chi connectivity index (χ3n) is 5.91. The molecule has 8 heteroatoms. The standard InChI is InChI=1S/C21H27N5O2S/c27-20(23-12-17-5-1-2-8-22-17)16-4-3-9-26(13-16)18-6-10-25(11-7-18)21(28)19-14-29-15-24-19/h1-2,5,8,14-16,18H,3-4,6-7,9-13H2,(H,23,27). The SMILES string of the molecule is O=C(NCc1ccccn1)C1CCCN(C2CCN(C(=O)c3cscn3)CC2)C1. The van der Waals surface area contributed by atoms with Gasteiger partial charge in [-0.15, -0.1) is 11.3 Å². The molecule has 0 spiro atoms. The van der Waals surface area contributed by atoms with E-state index in [1.807, 2.05) is 28.5 Å². The lowest BCUT2D eigenvalue weighted by Crippen LogP contribution is -2.51. The van der Waals surface area contributed by atoms with Crippen molar-refractivity contribution in [3.8, 4) is 0 Å². The highest BCUT2D eigenvalue weighted by molar-refractivity contribution is 7.07. The van der Waals surface area contributed by atoms with E-state index in [4.69, 9.17) is 0 Å². The topological polar surface area (TPSA) is 78.4 Å². The Hall–Kier alpha value is -2.32. The molecule has 154 valence electrons. The van der Waals surface area contributed by atoms with Crippen LogP contribution in [-0.2, 0) is 11.3 Å². The van der Waals surface area contributed by atoms with Crippen LogP contribution in [0.2, 0.25) is 0 Å². The van der Waals surface area contributed by atoms with Crippen molar-refractivity contribution >= 4 is 23.2 Å². The molecule has 2 saturated heterocycles.